The van der Waals surface area contributed by atoms with Crippen LogP contribution in [-0.2, 0) is 9.09 Å². The Balaban J connectivity index is 1.91. The van der Waals surface area contributed by atoms with Crippen LogP contribution in [0, 0.1) is 11.7 Å². The lowest BCUT2D eigenvalue weighted by Crippen LogP contribution is -2.27. The van der Waals surface area contributed by atoms with Crippen LogP contribution in [0.5, 0.6) is 0 Å². The summed E-state index contributed by atoms with van der Waals surface area (Å²) in [5, 5.41) is 3.64. The lowest BCUT2D eigenvalue weighted by atomic mass is 10.0. The number of nitrogen functional groups attached to an aromatic ring is 1. The summed E-state index contributed by atoms with van der Waals surface area (Å²) in [5.74, 6) is 0.357. The van der Waals surface area contributed by atoms with Crippen molar-refractivity contribution in [2.75, 3.05) is 17.7 Å². The molecule has 9 nitrogen and oxygen atoms in total. The van der Waals surface area contributed by atoms with Crippen LogP contribution in [0.2, 0.25) is 0 Å². The number of thioether (sulfide) groups is 1. The number of hydrogen-bond donors (Lipinski definition) is 4. The van der Waals surface area contributed by atoms with Gasteiger partial charge in [0.05, 0.1) is 12.6 Å². The molecular weight excluding hydrogens is 476 g/mol. The van der Waals surface area contributed by atoms with Crippen LogP contribution in [0.3, 0.4) is 0 Å². The van der Waals surface area contributed by atoms with E-state index in [1.807, 2.05) is 20.8 Å². The van der Waals surface area contributed by atoms with E-state index < -0.39 is 13.9 Å². The Kier molecular flexibility index (Phi) is 8.07. The van der Waals surface area contributed by atoms with Gasteiger partial charge in [0, 0.05) is 10.8 Å². The van der Waals surface area contributed by atoms with Crippen LogP contribution in [0.4, 0.5) is 15.3 Å². The maximum atomic E-state index is 14.2. The molecule has 0 aliphatic heterocycles. The number of fused-ring (bicyclic) bond motifs is 1. The van der Waals surface area contributed by atoms with Gasteiger partial charge < -0.3 is 20.8 Å². The third-order valence-corrected chi connectivity index (χ3v) is 6.78. The Labute approximate surface area is 193 Å². The van der Waals surface area contributed by atoms with Crippen LogP contribution >= 0.6 is 30.9 Å². The average Bonchev–Trinajstić information content (AvgIpc) is 3.06. The van der Waals surface area contributed by atoms with Crippen molar-refractivity contribution < 1.29 is 23.3 Å². The lowest BCUT2D eigenvalue weighted by Gasteiger charge is -2.22. The third kappa shape index (κ3) is 6.84. The summed E-state index contributed by atoms with van der Waals surface area (Å²) in [6.45, 7) is 5.62. The molecule has 0 radical (unpaired) electrons. The van der Waals surface area contributed by atoms with Gasteiger partial charge >= 0.3 is 7.82 Å². The van der Waals surface area contributed by atoms with Crippen LogP contribution in [0.1, 0.15) is 38.0 Å². The van der Waals surface area contributed by atoms with Gasteiger partial charge in [0.25, 0.3) is 0 Å². The van der Waals surface area contributed by atoms with Crippen LogP contribution < -0.4 is 11.1 Å². The summed E-state index contributed by atoms with van der Waals surface area (Å²) in [7, 11) is -4.62. The first-order valence-corrected chi connectivity index (χ1v) is 13.1. The van der Waals surface area contributed by atoms with E-state index in [4.69, 9.17) is 20.0 Å². The molecule has 0 spiro atoms. The molecule has 0 amide bonds. The van der Waals surface area contributed by atoms with Gasteiger partial charge in [-0.1, -0.05) is 55.1 Å². The first-order valence-electron chi connectivity index (χ1n) is 9.83. The van der Waals surface area contributed by atoms with E-state index in [2.05, 4.69) is 20.3 Å². The predicted octanol–water partition coefficient (Wildman–Crippen LogP) is 4.60. The van der Waals surface area contributed by atoms with E-state index in [1.165, 1.54) is 29.2 Å². The van der Waals surface area contributed by atoms with Crippen LogP contribution in [-0.4, -0.2) is 37.4 Å². The normalized spacial score (nSPS) is 14.1. The molecule has 174 valence electrons. The molecule has 2 unspecified atom stereocenters. The van der Waals surface area contributed by atoms with Crippen molar-refractivity contribution in [3.63, 3.8) is 0 Å². The van der Waals surface area contributed by atoms with Gasteiger partial charge in [-0.25, -0.2) is 23.9 Å². The fraction of sp³-hybridized carbons (Fsp3) is 0.421. The molecule has 2 aromatic heterocycles. The highest BCUT2D eigenvalue weighted by Crippen LogP contribution is 2.39. The number of aromatic nitrogens is 3. The number of phosphoric ester groups is 1. The molecule has 0 bridgehead atoms. The number of rotatable bonds is 10. The molecule has 0 saturated heterocycles. The smallest absolute Gasteiger partial charge is 0.375 e. The van der Waals surface area contributed by atoms with Crippen molar-refractivity contribution in [2.45, 2.75) is 43.6 Å². The van der Waals surface area contributed by atoms with E-state index in [1.54, 1.807) is 18.2 Å². The first kappa shape index (κ1) is 24.8. The molecule has 5 N–H and O–H groups in total. The first-order chi connectivity index (χ1) is 15.0. The number of phosphoric acid groups is 1. The number of benzene rings is 1. The largest absolute Gasteiger partial charge is 0.469 e. The number of hydrogen-bond acceptors (Lipinski definition) is 9. The van der Waals surface area contributed by atoms with E-state index >= 15 is 0 Å². The predicted molar refractivity (Wildman–Crippen MR) is 125 cm³/mol. The molecule has 0 fully saturated rings. The fourth-order valence-electron chi connectivity index (χ4n) is 3.12. The molecular formula is C19H25FN5O4PS2. The third-order valence-electron chi connectivity index (χ3n) is 4.42. The summed E-state index contributed by atoms with van der Waals surface area (Å²) >= 11 is 2.48. The molecule has 32 heavy (non-hydrogen) atoms. The highest BCUT2D eigenvalue weighted by molar-refractivity contribution is 7.99. The molecule has 0 aliphatic rings. The van der Waals surface area contributed by atoms with E-state index in [0.717, 1.165) is 0 Å². The van der Waals surface area contributed by atoms with Gasteiger partial charge in [-0.15, -0.1) is 0 Å². The lowest BCUT2D eigenvalue weighted by molar-refractivity contribution is 0.184. The van der Waals surface area contributed by atoms with Gasteiger partial charge in [-0.2, -0.15) is 0 Å². The number of anilines is 2. The summed E-state index contributed by atoms with van der Waals surface area (Å²) < 4.78 is 30.7. The monoisotopic (exact) mass is 501 g/mol. The van der Waals surface area contributed by atoms with Gasteiger partial charge in [-0.05, 0) is 25.3 Å². The van der Waals surface area contributed by atoms with Gasteiger partial charge in [-0.3, -0.25) is 4.52 Å². The molecule has 0 aliphatic carbocycles. The molecule has 0 saturated carbocycles. The zero-order chi connectivity index (χ0) is 23.5. The number of halogens is 1. The summed E-state index contributed by atoms with van der Waals surface area (Å²) in [4.78, 5) is 31.5. The van der Waals surface area contributed by atoms with Gasteiger partial charge in [0.1, 0.15) is 10.5 Å². The van der Waals surface area contributed by atoms with Crippen molar-refractivity contribution in [3.05, 3.63) is 35.6 Å². The van der Waals surface area contributed by atoms with Crippen LogP contribution in [0.15, 0.2) is 29.4 Å². The van der Waals surface area contributed by atoms with Crippen molar-refractivity contribution in [1.82, 2.24) is 15.0 Å². The quantitative estimate of drug-likeness (QED) is 0.177. The Bertz CT molecular complexity index is 1130. The topological polar surface area (TPSA) is 143 Å². The summed E-state index contributed by atoms with van der Waals surface area (Å²) in [6, 6.07) is 6.09. The van der Waals surface area contributed by atoms with Crippen LogP contribution in [0.25, 0.3) is 10.3 Å². The second-order valence-electron chi connectivity index (χ2n) is 7.60. The Morgan fingerprint density at radius 2 is 1.97 bits per heavy atom. The minimum absolute atomic E-state index is 0.212. The maximum Gasteiger partial charge on any atom is 0.469 e. The Morgan fingerprint density at radius 3 is 2.62 bits per heavy atom. The van der Waals surface area contributed by atoms with Gasteiger partial charge in [0.15, 0.2) is 21.8 Å². The van der Waals surface area contributed by atoms with Crippen molar-refractivity contribution in [3.8, 4) is 0 Å². The van der Waals surface area contributed by atoms with Crippen molar-refractivity contribution >= 4 is 52.2 Å². The molecule has 2 heterocycles. The minimum atomic E-state index is -4.62. The van der Waals surface area contributed by atoms with E-state index in [-0.39, 0.29) is 23.6 Å². The Morgan fingerprint density at radius 1 is 1.25 bits per heavy atom. The number of thiazole rings is 1. The fourth-order valence-corrected chi connectivity index (χ4v) is 5.13. The summed E-state index contributed by atoms with van der Waals surface area (Å²) in [5.41, 5.74) is 6.80. The molecule has 2 atom stereocenters. The molecule has 1 aromatic carbocycles. The SMILES string of the molecule is CC(C)CC(COP(=O)(O)O)Nc1nc(SC(C)c2ccccc2F)nc2nc(N)sc12. The van der Waals surface area contributed by atoms with Crippen molar-refractivity contribution in [2.24, 2.45) is 5.92 Å². The minimum Gasteiger partial charge on any atom is -0.375 e. The highest BCUT2D eigenvalue weighted by atomic mass is 32.2. The summed E-state index contributed by atoms with van der Waals surface area (Å²) in [6.07, 6.45) is 0.577. The number of nitrogens with two attached hydrogens (primary N) is 1. The average molecular weight is 502 g/mol. The number of nitrogens with one attached hydrogen (secondary N) is 1. The number of nitrogens with zero attached hydrogens (tertiary/aromatic N) is 3. The van der Waals surface area contributed by atoms with Crippen molar-refractivity contribution in [1.29, 1.82) is 0 Å². The second kappa shape index (κ2) is 10.4. The molecule has 13 heteroatoms. The standard InChI is InChI=1S/C19H25FN5O4PS2/c1-10(2)8-12(9-29-30(26,27)28)22-16-15-17(23-18(21)32-15)25-19(24-16)31-11(3)13-6-4-5-7-14(13)20/h4-7,10-12H,8-9H2,1-3H3,(H2,26,27,28)(H3,21,22,23,24,25). The zero-order valence-corrected chi connectivity index (χ0v) is 20.3. The highest BCUT2D eigenvalue weighted by Gasteiger charge is 2.23. The molecule has 3 rings (SSSR count). The van der Waals surface area contributed by atoms with Gasteiger partial charge in [0.2, 0.25) is 0 Å². The zero-order valence-electron chi connectivity index (χ0n) is 17.7. The molecule has 3 aromatic rings. The van der Waals surface area contributed by atoms with E-state index in [9.17, 15) is 8.96 Å². The maximum absolute atomic E-state index is 14.2. The van der Waals surface area contributed by atoms with E-state index in [0.29, 0.717) is 38.4 Å². The Hall–Kier alpha value is -1.82. The second-order valence-corrected chi connectivity index (χ2v) is 11.2.